The van der Waals surface area contributed by atoms with E-state index in [0.717, 1.165) is 65.9 Å². The van der Waals surface area contributed by atoms with Crippen molar-refractivity contribution in [3.05, 3.63) is 164 Å². The average molecular weight is 626 g/mol. The van der Waals surface area contributed by atoms with Crippen LogP contribution < -0.4 is 0 Å². The van der Waals surface area contributed by atoms with Gasteiger partial charge >= 0.3 is 0 Å². The van der Waals surface area contributed by atoms with Crippen molar-refractivity contribution in [2.45, 2.75) is 0 Å². The summed E-state index contributed by atoms with van der Waals surface area (Å²) in [4.78, 5) is 15.6. The highest BCUT2D eigenvalue weighted by Crippen LogP contribution is 2.42. The van der Waals surface area contributed by atoms with Gasteiger partial charge in [0.15, 0.2) is 17.5 Å². The highest BCUT2D eigenvalue weighted by atomic mass is 16.3. The average Bonchev–Trinajstić information content (AvgIpc) is 3.56. The zero-order valence-corrected chi connectivity index (χ0v) is 26.3. The van der Waals surface area contributed by atoms with E-state index in [0.29, 0.717) is 17.5 Å². The zero-order valence-electron chi connectivity index (χ0n) is 26.3. The summed E-state index contributed by atoms with van der Waals surface area (Å²) in [5.74, 6) is 1.85. The quantitative estimate of drug-likeness (QED) is 0.195. The van der Waals surface area contributed by atoms with Gasteiger partial charge in [0.2, 0.25) is 0 Å². The summed E-state index contributed by atoms with van der Waals surface area (Å²) < 4.78 is 6.53. The third kappa shape index (κ3) is 4.57. The fourth-order valence-corrected chi connectivity index (χ4v) is 7.15. The molecule has 0 aliphatic rings. The Morgan fingerprint density at radius 2 is 0.816 bits per heavy atom. The van der Waals surface area contributed by atoms with Crippen LogP contribution in [0.15, 0.2) is 168 Å². The van der Waals surface area contributed by atoms with Crippen LogP contribution in [0.5, 0.6) is 0 Å². The highest BCUT2D eigenvalue weighted by molar-refractivity contribution is 6.17. The van der Waals surface area contributed by atoms with Crippen LogP contribution in [0.2, 0.25) is 0 Å². The van der Waals surface area contributed by atoms with Gasteiger partial charge in [-0.05, 0) is 67.7 Å². The van der Waals surface area contributed by atoms with Crippen LogP contribution in [0.25, 0.3) is 99.5 Å². The summed E-state index contributed by atoms with van der Waals surface area (Å²) in [6.45, 7) is 0. The Hall–Kier alpha value is -6.65. The second-order valence-electron chi connectivity index (χ2n) is 12.4. The predicted molar refractivity (Wildman–Crippen MR) is 201 cm³/mol. The fraction of sp³-hybridized carbons (Fsp3) is 0. The number of fused-ring (bicyclic) bond motifs is 6. The van der Waals surface area contributed by atoms with Gasteiger partial charge in [-0.1, -0.05) is 140 Å². The fourth-order valence-electron chi connectivity index (χ4n) is 7.15. The maximum atomic E-state index is 6.53. The van der Waals surface area contributed by atoms with Gasteiger partial charge in [-0.2, -0.15) is 0 Å². The Morgan fingerprint density at radius 1 is 0.327 bits per heavy atom. The smallest absolute Gasteiger partial charge is 0.164 e. The van der Waals surface area contributed by atoms with Gasteiger partial charge in [0.05, 0.1) is 0 Å². The molecule has 10 rings (SSSR count). The van der Waals surface area contributed by atoms with Gasteiger partial charge in [-0.3, -0.25) is 0 Å². The zero-order chi connectivity index (χ0) is 32.3. The summed E-state index contributed by atoms with van der Waals surface area (Å²) in [5, 5.41) is 8.98. The Balaban J connectivity index is 1.25. The maximum absolute atomic E-state index is 6.53. The van der Waals surface area contributed by atoms with E-state index < -0.39 is 0 Å². The minimum atomic E-state index is 0.600. The molecule has 0 bridgehead atoms. The molecule has 0 unspecified atom stereocenters. The van der Waals surface area contributed by atoms with E-state index in [1.807, 2.05) is 18.2 Å². The molecular weight excluding hydrogens is 599 g/mol. The van der Waals surface area contributed by atoms with Crippen molar-refractivity contribution in [2.24, 2.45) is 0 Å². The summed E-state index contributed by atoms with van der Waals surface area (Å²) in [6.07, 6.45) is 0. The second kappa shape index (κ2) is 11.0. The van der Waals surface area contributed by atoms with E-state index in [4.69, 9.17) is 19.4 Å². The van der Waals surface area contributed by atoms with Crippen molar-refractivity contribution in [3.63, 3.8) is 0 Å². The van der Waals surface area contributed by atoms with E-state index in [9.17, 15) is 0 Å². The van der Waals surface area contributed by atoms with Crippen molar-refractivity contribution >= 4 is 54.3 Å². The Labute approximate surface area is 282 Å². The monoisotopic (exact) mass is 625 g/mol. The molecule has 0 aliphatic heterocycles. The number of aromatic nitrogens is 3. The van der Waals surface area contributed by atoms with Crippen molar-refractivity contribution in [1.82, 2.24) is 15.0 Å². The molecule has 0 amide bonds. The van der Waals surface area contributed by atoms with Gasteiger partial charge in [0.25, 0.3) is 0 Å². The molecule has 0 spiro atoms. The Kier molecular flexibility index (Phi) is 6.15. The molecule has 0 saturated carbocycles. The first-order chi connectivity index (χ1) is 24.3. The molecule has 4 heteroatoms. The van der Waals surface area contributed by atoms with E-state index in [-0.39, 0.29) is 0 Å². The minimum Gasteiger partial charge on any atom is -0.456 e. The third-order valence-corrected chi connectivity index (χ3v) is 9.50. The van der Waals surface area contributed by atoms with Crippen LogP contribution in [-0.2, 0) is 0 Å². The van der Waals surface area contributed by atoms with Gasteiger partial charge in [0.1, 0.15) is 11.2 Å². The maximum Gasteiger partial charge on any atom is 0.164 e. The summed E-state index contributed by atoms with van der Waals surface area (Å²) in [7, 11) is 0. The lowest BCUT2D eigenvalue weighted by Crippen LogP contribution is -2.01. The molecule has 228 valence electrons. The SMILES string of the molecule is c1ccc2cc(-c3nc(-c4cccc5ccccc45)nc(-c4cccc5oc6cccc(-c7ccc8ccccc8c7)c6c45)n3)ccc2c1. The lowest BCUT2D eigenvalue weighted by molar-refractivity contribution is 0.669. The molecule has 2 aromatic heterocycles. The summed E-state index contributed by atoms with van der Waals surface area (Å²) >= 11 is 0. The molecule has 0 fully saturated rings. The van der Waals surface area contributed by atoms with Crippen molar-refractivity contribution in [2.75, 3.05) is 0 Å². The van der Waals surface area contributed by atoms with E-state index >= 15 is 0 Å². The lowest BCUT2D eigenvalue weighted by atomic mass is 9.95. The predicted octanol–water partition coefficient (Wildman–Crippen LogP) is 11.9. The van der Waals surface area contributed by atoms with Crippen LogP contribution in [0.1, 0.15) is 0 Å². The van der Waals surface area contributed by atoms with Crippen LogP contribution in [0.4, 0.5) is 0 Å². The molecule has 8 aromatic carbocycles. The van der Waals surface area contributed by atoms with Gasteiger partial charge in [-0.15, -0.1) is 0 Å². The molecule has 10 aromatic rings. The van der Waals surface area contributed by atoms with Crippen LogP contribution in [0.3, 0.4) is 0 Å². The van der Waals surface area contributed by atoms with Gasteiger partial charge in [-0.25, -0.2) is 15.0 Å². The van der Waals surface area contributed by atoms with Gasteiger partial charge in [0, 0.05) is 27.5 Å². The number of hydrogen-bond donors (Lipinski definition) is 0. The number of hydrogen-bond acceptors (Lipinski definition) is 4. The van der Waals surface area contributed by atoms with Crippen LogP contribution >= 0.6 is 0 Å². The minimum absolute atomic E-state index is 0.600. The van der Waals surface area contributed by atoms with E-state index in [1.54, 1.807) is 0 Å². The third-order valence-electron chi connectivity index (χ3n) is 9.50. The summed E-state index contributed by atoms with van der Waals surface area (Å²) in [6, 6.07) is 56.9. The van der Waals surface area contributed by atoms with E-state index in [1.165, 1.54) is 16.2 Å². The number of furan rings is 1. The second-order valence-corrected chi connectivity index (χ2v) is 12.4. The van der Waals surface area contributed by atoms with Gasteiger partial charge < -0.3 is 4.42 Å². The molecule has 0 aliphatic carbocycles. The normalized spacial score (nSPS) is 11.7. The molecule has 0 saturated heterocycles. The van der Waals surface area contributed by atoms with Crippen molar-refractivity contribution in [1.29, 1.82) is 0 Å². The number of nitrogens with zero attached hydrogens (tertiary/aromatic N) is 3. The molecule has 49 heavy (non-hydrogen) atoms. The molecule has 0 N–H and O–H groups in total. The van der Waals surface area contributed by atoms with Crippen LogP contribution in [0, 0.1) is 0 Å². The number of rotatable bonds is 4. The highest BCUT2D eigenvalue weighted by Gasteiger charge is 2.20. The first kappa shape index (κ1) is 27.5. The number of benzene rings is 8. The molecule has 4 nitrogen and oxygen atoms in total. The van der Waals surface area contributed by atoms with Crippen LogP contribution in [-0.4, -0.2) is 15.0 Å². The molecule has 2 heterocycles. The first-order valence-electron chi connectivity index (χ1n) is 16.4. The Morgan fingerprint density at radius 3 is 1.55 bits per heavy atom. The molecule has 0 radical (unpaired) electrons. The van der Waals surface area contributed by atoms with Crippen molar-refractivity contribution < 1.29 is 4.42 Å². The van der Waals surface area contributed by atoms with Crippen molar-refractivity contribution in [3.8, 4) is 45.3 Å². The lowest BCUT2D eigenvalue weighted by Gasteiger charge is -2.12. The topological polar surface area (TPSA) is 51.8 Å². The Bertz CT molecular complexity index is 2900. The largest absolute Gasteiger partial charge is 0.456 e. The molecule has 0 atom stereocenters. The van der Waals surface area contributed by atoms with E-state index in [2.05, 4.69) is 146 Å². The first-order valence-corrected chi connectivity index (χ1v) is 16.4. The standard InChI is InChI=1S/C45H27N3O/c1-3-13-31-26-33(24-22-28(31)10-1)36-17-8-20-39-41(36)42-38(19-9-21-40(42)49-39)45-47-43(34-25-23-29-11-2-4-14-32(29)27-34)46-44(48-45)37-18-7-15-30-12-5-6-16-35(30)37/h1-27H. The summed E-state index contributed by atoms with van der Waals surface area (Å²) in [5.41, 5.74) is 6.65. The molecular formula is C45H27N3O.